The van der Waals surface area contributed by atoms with E-state index >= 15 is 0 Å². The van der Waals surface area contributed by atoms with E-state index in [-0.39, 0.29) is 11.6 Å². The molecule has 0 saturated heterocycles. The molecule has 1 aromatic carbocycles. The quantitative estimate of drug-likeness (QED) is 0.355. The van der Waals surface area contributed by atoms with Gasteiger partial charge in [0.25, 0.3) is 5.91 Å². The van der Waals surface area contributed by atoms with Crippen molar-refractivity contribution in [2.45, 2.75) is 13.8 Å². The Labute approximate surface area is 192 Å². The predicted octanol–water partition coefficient (Wildman–Crippen LogP) is 5.00. The SMILES string of the molecule is CC(C)CNc1ccc(Nc2nccc(C(=O)Nc3cnccc3-c3ccccc3)n2)cn1. The molecule has 8 heteroatoms. The lowest BCUT2D eigenvalue weighted by Gasteiger charge is -2.11. The second-order valence-electron chi connectivity index (χ2n) is 7.84. The molecule has 166 valence electrons. The van der Waals surface area contributed by atoms with Gasteiger partial charge in [-0.05, 0) is 35.7 Å². The first-order chi connectivity index (χ1) is 16.1. The van der Waals surface area contributed by atoms with Crippen LogP contribution in [0.4, 0.5) is 23.1 Å². The summed E-state index contributed by atoms with van der Waals surface area (Å²) < 4.78 is 0. The number of rotatable bonds is 8. The highest BCUT2D eigenvalue weighted by Crippen LogP contribution is 2.27. The van der Waals surface area contributed by atoms with Crippen LogP contribution in [0, 0.1) is 5.92 Å². The van der Waals surface area contributed by atoms with Crippen LogP contribution in [0.25, 0.3) is 11.1 Å². The number of benzene rings is 1. The molecule has 3 aromatic heterocycles. The van der Waals surface area contributed by atoms with Gasteiger partial charge in [-0.25, -0.2) is 15.0 Å². The van der Waals surface area contributed by atoms with Crippen molar-refractivity contribution in [3.8, 4) is 11.1 Å². The van der Waals surface area contributed by atoms with Gasteiger partial charge in [0.1, 0.15) is 11.5 Å². The average molecular weight is 440 g/mol. The Hall–Kier alpha value is -4.33. The fourth-order valence-corrected chi connectivity index (χ4v) is 3.11. The lowest BCUT2D eigenvalue weighted by Crippen LogP contribution is -2.15. The topological polar surface area (TPSA) is 105 Å². The third-order valence-corrected chi connectivity index (χ3v) is 4.75. The molecule has 8 nitrogen and oxygen atoms in total. The molecule has 0 bridgehead atoms. The average Bonchev–Trinajstić information content (AvgIpc) is 2.84. The Morgan fingerprint density at radius 1 is 0.939 bits per heavy atom. The van der Waals surface area contributed by atoms with Crippen LogP contribution in [0.5, 0.6) is 0 Å². The molecular weight excluding hydrogens is 414 g/mol. The minimum Gasteiger partial charge on any atom is -0.370 e. The molecule has 0 aliphatic heterocycles. The Morgan fingerprint density at radius 2 is 1.79 bits per heavy atom. The highest BCUT2D eigenvalue weighted by molar-refractivity contribution is 6.05. The monoisotopic (exact) mass is 439 g/mol. The first kappa shape index (κ1) is 21.9. The second-order valence-corrected chi connectivity index (χ2v) is 7.84. The number of anilines is 4. The molecule has 0 fully saturated rings. The number of nitrogens with zero attached hydrogens (tertiary/aromatic N) is 4. The standard InChI is InChI=1S/C25H25N7O/c1-17(2)14-28-23-9-8-19(15-29-23)30-25-27-13-11-21(32-25)24(33)31-22-16-26-12-10-20(22)18-6-4-3-5-7-18/h3-13,15-17H,14H2,1-2H3,(H,28,29)(H,31,33)(H,27,30,32). The van der Waals surface area contributed by atoms with Gasteiger partial charge in [-0.2, -0.15) is 0 Å². The van der Waals surface area contributed by atoms with Crippen LogP contribution in [0.2, 0.25) is 0 Å². The van der Waals surface area contributed by atoms with Gasteiger partial charge in [0, 0.05) is 24.5 Å². The van der Waals surface area contributed by atoms with Gasteiger partial charge in [0.05, 0.1) is 23.8 Å². The zero-order valence-corrected chi connectivity index (χ0v) is 18.5. The van der Waals surface area contributed by atoms with Crippen molar-refractivity contribution in [1.82, 2.24) is 19.9 Å². The number of hydrogen-bond donors (Lipinski definition) is 3. The minimum atomic E-state index is -0.350. The molecule has 1 amide bonds. The fraction of sp³-hybridized carbons (Fsp3) is 0.160. The van der Waals surface area contributed by atoms with Crippen LogP contribution in [-0.2, 0) is 0 Å². The molecule has 33 heavy (non-hydrogen) atoms. The lowest BCUT2D eigenvalue weighted by atomic mass is 10.1. The van der Waals surface area contributed by atoms with Gasteiger partial charge in [0.2, 0.25) is 5.95 Å². The maximum Gasteiger partial charge on any atom is 0.274 e. The van der Waals surface area contributed by atoms with E-state index < -0.39 is 0 Å². The number of nitrogens with one attached hydrogen (secondary N) is 3. The van der Waals surface area contributed by atoms with Crippen molar-refractivity contribution in [2.75, 3.05) is 22.5 Å². The highest BCUT2D eigenvalue weighted by Gasteiger charge is 2.13. The summed E-state index contributed by atoms with van der Waals surface area (Å²) in [5.41, 5.74) is 3.43. The van der Waals surface area contributed by atoms with E-state index in [1.165, 1.54) is 6.20 Å². The highest BCUT2D eigenvalue weighted by atomic mass is 16.1. The molecule has 0 spiro atoms. The van der Waals surface area contributed by atoms with E-state index in [4.69, 9.17) is 0 Å². The van der Waals surface area contributed by atoms with Crippen molar-refractivity contribution < 1.29 is 4.79 Å². The normalized spacial score (nSPS) is 10.6. The van der Waals surface area contributed by atoms with Gasteiger partial charge in [-0.3, -0.25) is 9.78 Å². The summed E-state index contributed by atoms with van der Waals surface area (Å²) >= 11 is 0. The number of carbonyl (C=O) groups excluding carboxylic acids is 1. The van der Waals surface area contributed by atoms with Crippen LogP contribution in [-0.4, -0.2) is 32.4 Å². The van der Waals surface area contributed by atoms with Crippen LogP contribution in [0.3, 0.4) is 0 Å². The molecule has 3 heterocycles. The number of hydrogen-bond acceptors (Lipinski definition) is 7. The van der Waals surface area contributed by atoms with E-state index in [1.807, 2.05) is 48.5 Å². The van der Waals surface area contributed by atoms with Gasteiger partial charge in [-0.1, -0.05) is 44.2 Å². The third kappa shape index (κ3) is 5.88. The zero-order chi connectivity index (χ0) is 23.0. The summed E-state index contributed by atoms with van der Waals surface area (Å²) in [7, 11) is 0. The Kier molecular flexibility index (Phi) is 6.84. The summed E-state index contributed by atoms with van der Waals surface area (Å²) in [6, 6.07) is 17.0. The molecule has 0 aliphatic rings. The summed E-state index contributed by atoms with van der Waals surface area (Å²) in [6.07, 6.45) is 6.56. The smallest absolute Gasteiger partial charge is 0.274 e. The molecule has 0 atom stereocenters. The van der Waals surface area contributed by atoms with E-state index in [0.29, 0.717) is 17.6 Å². The largest absolute Gasteiger partial charge is 0.370 e. The fourth-order valence-electron chi connectivity index (χ4n) is 3.11. The Bertz CT molecular complexity index is 1210. The van der Waals surface area contributed by atoms with Crippen LogP contribution >= 0.6 is 0 Å². The maximum absolute atomic E-state index is 12.9. The number of aromatic nitrogens is 4. The van der Waals surface area contributed by atoms with E-state index in [1.54, 1.807) is 24.7 Å². The number of carbonyl (C=O) groups is 1. The molecular formula is C25H25N7O. The Morgan fingerprint density at radius 3 is 2.55 bits per heavy atom. The molecule has 4 rings (SSSR count). The lowest BCUT2D eigenvalue weighted by molar-refractivity contribution is 0.102. The van der Waals surface area contributed by atoms with Gasteiger partial charge in [-0.15, -0.1) is 0 Å². The summed E-state index contributed by atoms with van der Waals surface area (Å²) in [6.45, 7) is 5.13. The molecule has 0 saturated carbocycles. The molecule has 4 aromatic rings. The predicted molar refractivity (Wildman–Crippen MR) is 131 cm³/mol. The summed E-state index contributed by atoms with van der Waals surface area (Å²) in [4.78, 5) is 30.0. The summed E-state index contributed by atoms with van der Waals surface area (Å²) in [5, 5.41) is 9.26. The van der Waals surface area contributed by atoms with Gasteiger partial charge >= 0.3 is 0 Å². The van der Waals surface area contributed by atoms with Crippen molar-refractivity contribution >= 4 is 29.0 Å². The second kappa shape index (κ2) is 10.3. The number of amides is 1. The molecule has 0 aliphatic carbocycles. The first-order valence-corrected chi connectivity index (χ1v) is 10.7. The van der Waals surface area contributed by atoms with Crippen LogP contribution in [0.15, 0.2) is 79.4 Å². The maximum atomic E-state index is 12.9. The van der Waals surface area contributed by atoms with Gasteiger partial charge in [0.15, 0.2) is 0 Å². The Balaban J connectivity index is 1.46. The van der Waals surface area contributed by atoms with Crippen molar-refractivity contribution in [3.63, 3.8) is 0 Å². The van der Waals surface area contributed by atoms with Crippen LogP contribution < -0.4 is 16.0 Å². The molecule has 3 N–H and O–H groups in total. The van der Waals surface area contributed by atoms with Crippen molar-refractivity contribution in [2.24, 2.45) is 5.92 Å². The molecule has 0 unspecified atom stereocenters. The third-order valence-electron chi connectivity index (χ3n) is 4.75. The minimum absolute atomic E-state index is 0.235. The van der Waals surface area contributed by atoms with Crippen LogP contribution in [0.1, 0.15) is 24.3 Å². The van der Waals surface area contributed by atoms with E-state index in [2.05, 4.69) is 49.7 Å². The van der Waals surface area contributed by atoms with Gasteiger partial charge < -0.3 is 16.0 Å². The van der Waals surface area contributed by atoms with Crippen molar-refractivity contribution in [3.05, 3.63) is 85.1 Å². The summed E-state index contributed by atoms with van der Waals surface area (Å²) in [5.74, 6) is 1.29. The molecule has 0 radical (unpaired) electrons. The van der Waals surface area contributed by atoms with E-state index in [9.17, 15) is 4.79 Å². The zero-order valence-electron chi connectivity index (χ0n) is 18.5. The van der Waals surface area contributed by atoms with E-state index in [0.717, 1.165) is 29.2 Å². The first-order valence-electron chi connectivity index (χ1n) is 10.7. The van der Waals surface area contributed by atoms with Crippen molar-refractivity contribution in [1.29, 1.82) is 0 Å². The number of pyridine rings is 2.